The standard InChI is InChI=1S/C10H16N2O2/c1-7-5-13-10(3,6-11-7)9-4-12-14-8(9)2/h4,7,11H,5-6H2,1-3H3. The van der Waals surface area contributed by atoms with Gasteiger partial charge in [-0.1, -0.05) is 5.16 Å². The third-order valence-corrected chi connectivity index (χ3v) is 2.76. The summed E-state index contributed by atoms with van der Waals surface area (Å²) >= 11 is 0. The quantitative estimate of drug-likeness (QED) is 0.733. The first-order valence-corrected chi connectivity index (χ1v) is 4.91. The summed E-state index contributed by atoms with van der Waals surface area (Å²) in [6.07, 6.45) is 1.74. The van der Waals surface area contributed by atoms with Crippen LogP contribution < -0.4 is 5.32 Å². The molecule has 1 aliphatic heterocycles. The number of nitrogens with one attached hydrogen (secondary N) is 1. The van der Waals surface area contributed by atoms with E-state index in [2.05, 4.69) is 24.3 Å². The Kier molecular flexibility index (Phi) is 2.33. The molecule has 0 aromatic carbocycles. The largest absolute Gasteiger partial charge is 0.367 e. The topological polar surface area (TPSA) is 47.3 Å². The molecule has 1 aliphatic rings. The van der Waals surface area contributed by atoms with E-state index < -0.39 is 0 Å². The van der Waals surface area contributed by atoms with E-state index in [1.165, 1.54) is 0 Å². The van der Waals surface area contributed by atoms with Crippen molar-refractivity contribution in [2.24, 2.45) is 0 Å². The molecule has 14 heavy (non-hydrogen) atoms. The van der Waals surface area contributed by atoms with Crippen molar-refractivity contribution in [1.29, 1.82) is 0 Å². The lowest BCUT2D eigenvalue weighted by Gasteiger charge is -2.36. The maximum atomic E-state index is 5.84. The average Bonchev–Trinajstić information content (AvgIpc) is 2.58. The Morgan fingerprint density at radius 1 is 1.64 bits per heavy atom. The Hall–Kier alpha value is -0.870. The molecule has 1 aromatic rings. The molecule has 4 nitrogen and oxygen atoms in total. The summed E-state index contributed by atoms with van der Waals surface area (Å²) in [7, 11) is 0. The van der Waals surface area contributed by atoms with Crippen molar-refractivity contribution in [2.75, 3.05) is 13.2 Å². The summed E-state index contributed by atoms with van der Waals surface area (Å²) in [5.41, 5.74) is 0.744. The normalized spacial score (nSPS) is 33.2. The molecule has 0 spiro atoms. The zero-order chi connectivity index (χ0) is 10.2. The molecule has 0 amide bonds. The van der Waals surface area contributed by atoms with Gasteiger partial charge in [0.15, 0.2) is 0 Å². The molecule has 1 aromatic heterocycles. The van der Waals surface area contributed by atoms with Gasteiger partial charge in [-0.05, 0) is 20.8 Å². The second-order valence-electron chi connectivity index (χ2n) is 4.12. The molecule has 1 N–H and O–H groups in total. The van der Waals surface area contributed by atoms with Crippen molar-refractivity contribution in [3.63, 3.8) is 0 Å². The first-order chi connectivity index (χ1) is 6.62. The highest BCUT2D eigenvalue weighted by Gasteiger charge is 2.35. The van der Waals surface area contributed by atoms with Crippen LogP contribution in [0.1, 0.15) is 25.2 Å². The number of rotatable bonds is 1. The first kappa shape index (κ1) is 9.68. The van der Waals surface area contributed by atoms with Gasteiger partial charge in [-0.3, -0.25) is 0 Å². The van der Waals surface area contributed by atoms with Gasteiger partial charge >= 0.3 is 0 Å². The average molecular weight is 196 g/mol. The van der Waals surface area contributed by atoms with Crippen LogP contribution in [0.15, 0.2) is 10.7 Å². The monoisotopic (exact) mass is 196 g/mol. The SMILES string of the molecule is Cc1oncc1C1(C)CNC(C)CO1. The number of nitrogens with zero attached hydrogens (tertiary/aromatic N) is 1. The van der Waals surface area contributed by atoms with Crippen molar-refractivity contribution in [1.82, 2.24) is 10.5 Å². The van der Waals surface area contributed by atoms with Gasteiger partial charge in [0.05, 0.1) is 12.8 Å². The molecule has 1 fully saturated rings. The predicted octanol–water partition coefficient (Wildman–Crippen LogP) is 1.21. The van der Waals surface area contributed by atoms with Crippen LogP contribution in [0.3, 0.4) is 0 Å². The molecular formula is C10H16N2O2. The maximum Gasteiger partial charge on any atom is 0.139 e. The zero-order valence-corrected chi connectivity index (χ0v) is 8.83. The van der Waals surface area contributed by atoms with Crippen LogP contribution in [0.2, 0.25) is 0 Å². The fourth-order valence-corrected chi connectivity index (χ4v) is 1.77. The second-order valence-corrected chi connectivity index (χ2v) is 4.12. The number of hydrogen-bond donors (Lipinski definition) is 1. The third-order valence-electron chi connectivity index (χ3n) is 2.76. The summed E-state index contributed by atoms with van der Waals surface area (Å²) in [4.78, 5) is 0. The zero-order valence-electron chi connectivity index (χ0n) is 8.83. The number of aromatic nitrogens is 1. The van der Waals surface area contributed by atoms with Crippen LogP contribution in [-0.4, -0.2) is 24.4 Å². The van der Waals surface area contributed by atoms with Gasteiger partial charge < -0.3 is 14.6 Å². The van der Waals surface area contributed by atoms with Crippen molar-refractivity contribution < 1.29 is 9.26 Å². The second kappa shape index (κ2) is 3.37. The van der Waals surface area contributed by atoms with Gasteiger partial charge in [-0.15, -0.1) is 0 Å². The summed E-state index contributed by atoms with van der Waals surface area (Å²) < 4.78 is 10.9. The molecule has 2 heterocycles. The van der Waals surface area contributed by atoms with Crippen molar-refractivity contribution in [3.05, 3.63) is 17.5 Å². The number of morpholine rings is 1. The maximum absolute atomic E-state index is 5.84. The van der Waals surface area contributed by atoms with E-state index >= 15 is 0 Å². The molecule has 1 saturated heterocycles. The smallest absolute Gasteiger partial charge is 0.139 e. The van der Waals surface area contributed by atoms with E-state index in [1.807, 2.05) is 6.92 Å². The van der Waals surface area contributed by atoms with E-state index in [-0.39, 0.29) is 5.60 Å². The highest BCUT2D eigenvalue weighted by Crippen LogP contribution is 2.29. The Morgan fingerprint density at radius 3 is 2.93 bits per heavy atom. The van der Waals surface area contributed by atoms with E-state index in [1.54, 1.807) is 6.20 Å². The van der Waals surface area contributed by atoms with Gasteiger partial charge in [0.25, 0.3) is 0 Å². The van der Waals surface area contributed by atoms with Gasteiger partial charge in [0, 0.05) is 18.2 Å². The summed E-state index contributed by atoms with van der Waals surface area (Å²) in [5.74, 6) is 0.837. The van der Waals surface area contributed by atoms with Gasteiger partial charge in [-0.2, -0.15) is 0 Å². The third kappa shape index (κ3) is 1.55. The molecule has 2 atom stereocenters. The fraction of sp³-hybridized carbons (Fsp3) is 0.700. The molecule has 0 bridgehead atoms. The first-order valence-electron chi connectivity index (χ1n) is 4.91. The summed E-state index contributed by atoms with van der Waals surface area (Å²) in [6.45, 7) is 7.61. The highest BCUT2D eigenvalue weighted by molar-refractivity contribution is 5.21. The Bertz CT molecular complexity index is 314. The van der Waals surface area contributed by atoms with E-state index in [9.17, 15) is 0 Å². The minimum atomic E-state index is -0.295. The van der Waals surface area contributed by atoms with Gasteiger partial charge in [-0.25, -0.2) is 0 Å². The van der Waals surface area contributed by atoms with E-state index in [4.69, 9.17) is 9.26 Å². The van der Waals surface area contributed by atoms with E-state index in [0.29, 0.717) is 6.04 Å². The minimum absolute atomic E-state index is 0.295. The summed E-state index contributed by atoms with van der Waals surface area (Å²) in [6, 6.07) is 0.420. The van der Waals surface area contributed by atoms with Crippen molar-refractivity contribution >= 4 is 0 Å². The number of hydrogen-bond acceptors (Lipinski definition) is 4. The number of aryl methyl sites for hydroxylation is 1. The Balaban J connectivity index is 2.21. The Morgan fingerprint density at radius 2 is 2.43 bits per heavy atom. The van der Waals surface area contributed by atoms with Crippen LogP contribution in [0, 0.1) is 6.92 Å². The molecule has 2 unspecified atom stereocenters. The molecular weight excluding hydrogens is 180 g/mol. The van der Waals surface area contributed by atoms with Crippen LogP contribution in [0.5, 0.6) is 0 Å². The molecule has 78 valence electrons. The van der Waals surface area contributed by atoms with Crippen molar-refractivity contribution in [3.8, 4) is 0 Å². The number of ether oxygens (including phenoxy) is 1. The minimum Gasteiger partial charge on any atom is -0.367 e. The molecule has 0 radical (unpaired) electrons. The van der Waals surface area contributed by atoms with Gasteiger partial charge in [0.2, 0.25) is 0 Å². The van der Waals surface area contributed by atoms with Crippen LogP contribution >= 0.6 is 0 Å². The predicted molar refractivity (Wildman–Crippen MR) is 52.0 cm³/mol. The van der Waals surface area contributed by atoms with Crippen LogP contribution in [0.25, 0.3) is 0 Å². The Labute approximate surface area is 83.6 Å². The molecule has 0 aliphatic carbocycles. The lowest BCUT2D eigenvalue weighted by molar-refractivity contribution is -0.0735. The summed E-state index contributed by atoms with van der Waals surface area (Å²) in [5, 5.41) is 7.17. The van der Waals surface area contributed by atoms with Crippen LogP contribution in [-0.2, 0) is 10.3 Å². The lowest BCUT2D eigenvalue weighted by atomic mass is 9.95. The molecule has 4 heteroatoms. The van der Waals surface area contributed by atoms with Crippen LogP contribution in [0.4, 0.5) is 0 Å². The lowest BCUT2D eigenvalue weighted by Crippen LogP contribution is -2.50. The van der Waals surface area contributed by atoms with Crippen molar-refractivity contribution in [2.45, 2.75) is 32.4 Å². The highest BCUT2D eigenvalue weighted by atomic mass is 16.5. The molecule has 0 saturated carbocycles. The molecule has 2 rings (SSSR count). The van der Waals surface area contributed by atoms with Gasteiger partial charge in [0.1, 0.15) is 11.4 Å². The van der Waals surface area contributed by atoms with E-state index in [0.717, 1.165) is 24.5 Å². The fourth-order valence-electron chi connectivity index (χ4n) is 1.77.